The van der Waals surface area contributed by atoms with Crippen LogP contribution in [0.2, 0.25) is 0 Å². The van der Waals surface area contributed by atoms with Crippen LogP contribution >= 0.6 is 0 Å². The summed E-state index contributed by atoms with van der Waals surface area (Å²) in [6.07, 6.45) is -0.170. The van der Waals surface area contributed by atoms with E-state index in [1.54, 1.807) is 25.3 Å². The fourth-order valence-electron chi connectivity index (χ4n) is 2.25. The summed E-state index contributed by atoms with van der Waals surface area (Å²) in [5.74, 6) is 1.13. The second kappa shape index (κ2) is 8.79. The number of hydrogen-bond donors (Lipinski definition) is 3. The molecule has 0 aliphatic heterocycles. The molecule has 1 unspecified atom stereocenters. The third kappa shape index (κ3) is 4.89. The molecule has 2 aromatic rings. The largest absolute Gasteiger partial charge is 0.493 e. The van der Waals surface area contributed by atoms with Crippen LogP contribution in [0.15, 0.2) is 48.5 Å². The number of hydrogen-bond acceptors (Lipinski definition) is 4. The van der Waals surface area contributed by atoms with Crippen LogP contribution in [0.1, 0.15) is 18.1 Å². The Labute approximate surface area is 141 Å². The van der Waals surface area contributed by atoms with Gasteiger partial charge >= 0.3 is 6.03 Å². The first kappa shape index (κ1) is 17.6. The van der Waals surface area contributed by atoms with Gasteiger partial charge in [0.25, 0.3) is 0 Å². The lowest BCUT2D eigenvalue weighted by Crippen LogP contribution is -2.30. The summed E-state index contributed by atoms with van der Waals surface area (Å²) < 4.78 is 10.3. The highest BCUT2D eigenvalue weighted by Gasteiger charge is 2.09. The van der Waals surface area contributed by atoms with Gasteiger partial charge < -0.3 is 25.2 Å². The third-order valence-electron chi connectivity index (χ3n) is 3.53. The monoisotopic (exact) mass is 330 g/mol. The van der Waals surface area contributed by atoms with Gasteiger partial charge in [0, 0.05) is 18.3 Å². The van der Waals surface area contributed by atoms with E-state index in [-0.39, 0.29) is 6.03 Å². The number of carbonyl (C=O) groups excluding carboxylic acids is 1. The molecule has 0 aromatic heterocycles. The Balaban J connectivity index is 1.81. The smallest absolute Gasteiger partial charge is 0.319 e. The Hall–Kier alpha value is -2.73. The van der Waals surface area contributed by atoms with Gasteiger partial charge in [-0.15, -0.1) is 0 Å². The maximum atomic E-state index is 11.9. The van der Waals surface area contributed by atoms with Gasteiger partial charge in [-0.3, -0.25) is 0 Å². The Kier molecular flexibility index (Phi) is 6.45. The average molecular weight is 330 g/mol. The molecule has 6 nitrogen and oxygen atoms in total. The van der Waals surface area contributed by atoms with Crippen LogP contribution in [-0.4, -0.2) is 31.9 Å². The maximum absolute atomic E-state index is 11.9. The standard InChI is InChI=1S/C18H22N2O4/c1-23-16-9-8-14(12-17(16)24-2)20-18(22)19-11-10-15(21)13-6-4-3-5-7-13/h3-9,12,15,21H,10-11H2,1-2H3,(H2,19,20,22). The van der Waals surface area contributed by atoms with Crippen LogP contribution in [0, 0.1) is 0 Å². The number of amides is 2. The summed E-state index contributed by atoms with van der Waals surface area (Å²) in [5, 5.41) is 15.5. The van der Waals surface area contributed by atoms with E-state index >= 15 is 0 Å². The highest BCUT2D eigenvalue weighted by Crippen LogP contribution is 2.29. The molecule has 24 heavy (non-hydrogen) atoms. The predicted molar refractivity (Wildman–Crippen MR) is 92.6 cm³/mol. The Morgan fingerprint density at radius 1 is 1.08 bits per heavy atom. The van der Waals surface area contributed by atoms with Crippen LogP contribution in [0.3, 0.4) is 0 Å². The van der Waals surface area contributed by atoms with E-state index in [2.05, 4.69) is 10.6 Å². The number of ether oxygens (including phenoxy) is 2. The zero-order valence-electron chi connectivity index (χ0n) is 13.8. The molecule has 0 aliphatic carbocycles. The maximum Gasteiger partial charge on any atom is 0.319 e. The van der Waals surface area contributed by atoms with E-state index in [1.807, 2.05) is 30.3 Å². The first-order valence-corrected chi connectivity index (χ1v) is 7.64. The molecule has 0 fully saturated rings. The molecule has 0 radical (unpaired) electrons. The van der Waals surface area contributed by atoms with Crippen molar-refractivity contribution in [1.82, 2.24) is 5.32 Å². The van der Waals surface area contributed by atoms with Crippen molar-refractivity contribution in [2.45, 2.75) is 12.5 Å². The van der Waals surface area contributed by atoms with Crippen molar-refractivity contribution in [3.8, 4) is 11.5 Å². The molecular formula is C18H22N2O4. The minimum Gasteiger partial charge on any atom is -0.493 e. The Morgan fingerprint density at radius 3 is 2.46 bits per heavy atom. The molecule has 1 atom stereocenters. The second-order valence-corrected chi connectivity index (χ2v) is 5.17. The molecule has 0 heterocycles. The van der Waals surface area contributed by atoms with Gasteiger partial charge in [0.15, 0.2) is 11.5 Å². The van der Waals surface area contributed by atoms with Crippen molar-refractivity contribution < 1.29 is 19.4 Å². The second-order valence-electron chi connectivity index (χ2n) is 5.17. The van der Waals surface area contributed by atoms with Crippen molar-refractivity contribution in [3.05, 3.63) is 54.1 Å². The highest BCUT2D eigenvalue weighted by molar-refractivity contribution is 5.89. The highest BCUT2D eigenvalue weighted by atomic mass is 16.5. The van der Waals surface area contributed by atoms with E-state index in [0.29, 0.717) is 30.2 Å². The minimum absolute atomic E-state index is 0.345. The average Bonchev–Trinajstić information content (AvgIpc) is 2.62. The number of benzene rings is 2. The summed E-state index contributed by atoms with van der Waals surface area (Å²) in [4.78, 5) is 11.9. The van der Waals surface area contributed by atoms with Gasteiger partial charge in [-0.1, -0.05) is 30.3 Å². The van der Waals surface area contributed by atoms with Crippen molar-refractivity contribution in [2.24, 2.45) is 0 Å². The molecule has 2 rings (SSSR count). The molecule has 128 valence electrons. The van der Waals surface area contributed by atoms with Crippen molar-refractivity contribution in [2.75, 3.05) is 26.1 Å². The molecule has 3 N–H and O–H groups in total. The molecule has 0 saturated carbocycles. The molecule has 0 bridgehead atoms. The van der Waals surface area contributed by atoms with Gasteiger partial charge in [-0.05, 0) is 24.1 Å². The number of methoxy groups -OCH3 is 2. The normalized spacial score (nSPS) is 11.5. The van der Waals surface area contributed by atoms with Gasteiger partial charge in [0.05, 0.1) is 20.3 Å². The van der Waals surface area contributed by atoms with Crippen molar-refractivity contribution in [3.63, 3.8) is 0 Å². The quantitative estimate of drug-likeness (QED) is 0.729. The molecule has 6 heteroatoms. The zero-order chi connectivity index (χ0) is 17.4. The van der Waals surface area contributed by atoms with E-state index in [9.17, 15) is 9.90 Å². The topological polar surface area (TPSA) is 79.8 Å². The number of aliphatic hydroxyl groups excluding tert-OH is 1. The number of rotatable bonds is 7. The molecular weight excluding hydrogens is 308 g/mol. The lowest BCUT2D eigenvalue weighted by Gasteiger charge is -2.13. The van der Waals surface area contributed by atoms with Gasteiger partial charge in [0.1, 0.15) is 0 Å². The van der Waals surface area contributed by atoms with Crippen LogP contribution in [-0.2, 0) is 0 Å². The first-order chi connectivity index (χ1) is 11.6. The van der Waals surface area contributed by atoms with Crippen molar-refractivity contribution >= 4 is 11.7 Å². The summed E-state index contributed by atoms with van der Waals surface area (Å²) in [5.41, 5.74) is 1.42. The first-order valence-electron chi connectivity index (χ1n) is 7.64. The van der Waals surface area contributed by atoms with Crippen LogP contribution < -0.4 is 20.1 Å². The lowest BCUT2D eigenvalue weighted by molar-refractivity contribution is 0.167. The van der Waals surface area contributed by atoms with E-state index in [4.69, 9.17) is 9.47 Å². The number of carbonyl (C=O) groups is 1. The molecule has 0 spiro atoms. The van der Waals surface area contributed by atoms with Gasteiger partial charge in [-0.2, -0.15) is 0 Å². The zero-order valence-corrected chi connectivity index (χ0v) is 13.8. The van der Waals surface area contributed by atoms with Gasteiger partial charge in [0.2, 0.25) is 0 Å². The molecule has 2 amide bonds. The van der Waals surface area contributed by atoms with Crippen LogP contribution in [0.4, 0.5) is 10.5 Å². The van der Waals surface area contributed by atoms with Gasteiger partial charge in [-0.25, -0.2) is 4.79 Å². The van der Waals surface area contributed by atoms with Crippen molar-refractivity contribution in [1.29, 1.82) is 0 Å². The lowest BCUT2D eigenvalue weighted by atomic mass is 10.1. The summed E-state index contributed by atoms with van der Waals surface area (Å²) in [6, 6.07) is 14.1. The Bertz CT molecular complexity index is 661. The summed E-state index contributed by atoms with van der Waals surface area (Å²) >= 11 is 0. The SMILES string of the molecule is COc1ccc(NC(=O)NCCC(O)c2ccccc2)cc1OC. The minimum atomic E-state index is -0.604. The van der Waals surface area contributed by atoms with Crippen LogP contribution in [0.5, 0.6) is 11.5 Å². The number of anilines is 1. The fraction of sp³-hybridized carbons (Fsp3) is 0.278. The molecule has 2 aromatic carbocycles. The number of urea groups is 1. The van der Waals surface area contributed by atoms with E-state index in [0.717, 1.165) is 5.56 Å². The summed E-state index contributed by atoms with van der Waals surface area (Å²) in [7, 11) is 3.09. The van der Waals surface area contributed by atoms with E-state index < -0.39 is 6.10 Å². The summed E-state index contributed by atoms with van der Waals surface area (Å²) in [6.45, 7) is 0.356. The third-order valence-corrected chi connectivity index (χ3v) is 3.53. The molecule has 0 saturated heterocycles. The molecule has 0 aliphatic rings. The van der Waals surface area contributed by atoms with Crippen LogP contribution in [0.25, 0.3) is 0 Å². The predicted octanol–water partition coefficient (Wildman–Crippen LogP) is 2.95. The fourth-order valence-corrected chi connectivity index (χ4v) is 2.25. The Morgan fingerprint density at radius 2 is 1.79 bits per heavy atom. The number of aliphatic hydroxyl groups is 1. The number of nitrogens with one attached hydrogen (secondary N) is 2. The van der Waals surface area contributed by atoms with E-state index in [1.165, 1.54) is 7.11 Å².